The predicted octanol–water partition coefficient (Wildman–Crippen LogP) is 2.70. The zero-order chi connectivity index (χ0) is 12.3. The average molecular weight is 232 g/mol. The Hall–Kier alpha value is -1.74. The van der Waals surface area contributed by atoms with Gasteiger partial charge in [0, 0.05) is 6.42 Å². The number of phenolic OH excluding ortho intramolecular Hbond substituents is 1. The molecule has 0 aliphatic carbocycles. The fourth-order valence-corrected chi connectivity index (χ4v) is 1.66. The first-order chi connectivity index (χ1) is 8.16. The number of aliphatic hydroxyl groups excluding tert-OH is 1. The Morgan fingerprint density at radius 3 is 2.47 bits per heavy atom. The highest BCUT2D eigenvalue weighted by Crippen LogP contribution is 2.31. The van der Waals surface area contributed by atoms with E-state index in [9.17, 15) is 5.11 Å². The molecule has 0 amide bonds. The second kappa shape index (κ2) is 5.06. The SMILES string of the molecule is CC(O)CCOc1cc2ccccc2cc1O. The first-order valence-electron chi connectivity index (χ1n) is 5.69. The summed E-state index contributed by atoms with van der Waals surface area (Å²) in [5, 5.41) is 20.9. The van der Waals surface area contributed by atoms with E-state index < -0.39 is 6.10 Å². The van der Waals surface area contributed by atoms with Crippen molar-refractivity contribution in [2.75, 3.05) is 6.61 Å². The minimum absolute atomic E-state index is 0.134. The standard InChI is InChI=1S/C14H16O3/c1-10(15)6-7-17-14-9-12-5-3-2-4-11(12)8-13(14)16/h2-5,8-10,15-16H,6-7H2,1H3. The van der Waals surface area contributed by atoms with Crippen LogP contribution in [0, 0.1) is 0 Å². The van der Waals surface area contributed by atoms with Gasteiger partial charge >= 0.3 is 0 Å². The first-order valence-corrected chi connectivity index (χ1v) is 5.69. The van der Waals surface area contributed by atoms with Crippen molar-refractivity contribution >= 4 is 10.8 Å². The largest absolute Gasteiger partial charge is 0.504 e. The van der Waals surface area contributed by atoms with Crippen LogP contribution in [0.5, 0.6) is 11.5 Å². The van der Waals surface area contributed by atoms with Gasteiger partial charge < -0.3 is 14.9 Å². The number of phenols is 1. The monoisotopic (exact) mass is 232 g/mol. The summed E-state index contributed by atoms with van der Waals surface area (Å²) in [6.45, 7) is 2.10. The summed E-state index contributed by atoms with van der Waals surface area (Å²) in [6.07, 6.45) is 0.157. The van der Waals surface area contributed by atoms with Crippen molar-refractivity contribution in [3.05, 3.63) is 36.4 Å². The lowest BCUT2D eigenvalue weighted by Crippen LogP contribution is -2.07. The van der Waals surface area contributed by atoms with Gasteiger partial charge in [0.25, 0.3) is 0 Å². The third-order valence-electron chi connectivity index (χ3n) is 2.62. The second-order valence-electron chi connectivity index (χ2n) is 4.15. The number of fused-ring (bicyclic) bond motifs is 1. The Labute approximate surface area is 100 Å². The molecule has 0 aliphatic rings. The van der Waals surface area contributed by atoms with Crippen LogP contribution in [-0.4, -0.2) is 22.9 Å². The van der Waals surface area contributed by atoms with Crippen LogP contribution in [-0.2, 0) is 0 Å². The Morgan fingerprint density at radius 2 is 1.82 bits per heavy atom. The quantitative estimate of drug-likeness (QED) is 0.852. The Bertz CT molecular complexity index is 506. The van der Waals surface area contributed by atoms with Crippen molar-refractivity contribution in [1.82, 2.24) is 0 Å². The maximum Gasteiger partial charge on any atom is 0.161 e. The lowest BCUT2D eigenvalue weighted by molar-refractivity contribution is 0.154. The van der Waals surface area contributed by atoms with Crippen LogP contribution < -0.4 is 4.74 Å². The number of ether oxygens (including phenoxy) is 1. The Morgan fingerprint density at radius 1 is 1.18 bits per heavy atom. The number of rotatable bonds is 4. The molecule has 0 heterocycles. The van der Waals surface area contributed by atoms with Gasteiger partial charge in [0.05, 0.1) is 12.7 Å². The molecule has 2 N–H and O–H groups in total. The summed E-state index contributed by atoms with van der Waals surface area (Å²) in [5.41, 5.74) is 0. The summed E-state index contributed by atoms with van der Waals surface area (Å²) < 4.78 is 5.45. The molecule has 0 saturated heterocycles. The molecule has 1 unspecified atom stereocenters. The number of aromatic hydroxyl groups is 1. The molecule has 0 aromatic heterocycles. The minimum atomic E-state index is -0.391. The molecular weight excluding hydrogens is 216 g/mol. The van der Waals surface area contributed by atoms with Crippen LogP contribution >= 0.6 is 0 Å². The van der Waals surface area contributed by atoms with Gasteiger partial charge in [-0.15, -0.1) is 0 Å². The first kappa shape index (κ1) is 11.7. The van der Waals surface area contributed by atoms with Crippen LogP contribution in [0.2, 0.25) is 0 Å². The van der Waals surface area contributed by atoms with Gasteiger partial charge in [0.1, 0.15) is 0 Å². The van der Waals surface area contributed by atoms with Crippen LogP contribution in [0.15, 0.2) is 36.4 Å². The minimum Gasteiger partial charge on any atom is -0.504 e. The molecule has 2 aromatic carbocycles. The summed E-state index contributed by atoms with van der Waals surface area (Å²) in [5.74, 6) is 0.596. The van der Waals surface area contributed by atoms with Crippen LogP contribution in [0.1, 0.15) is 13.3 Å². The summed E-state index contributed by atoms with van der Waals surface area (Å²) in [6, 6.07) is 11.3. The van der Waals surface area contributed by atoms with Crippen molar-refractivity contribution in [2.45, 2.75) is 19.4 Å². The fourth-order valence-electron chi connectivity index (χ4n) is 1.66. The third kappa shape index (κ3) is 2.88. The smallest absolute Gasteiger partial charge is 0.161 e. The van der Waals surface area contributed by atoms with E-state index in [1.165, 1.54) is 0 Å². The van der Waals surface area contributed by atoms with Gasteiger partial charge in [-0.2, -0.15) is 0 Å². The lowest BCUT2D eigenvalue weighted by Gasteiger charge is -2.10. The predicted molar refractivity (Wildman–Crippen MR) is 67.4 cm³/mol. The average Bonchev–Trinajstić information content (AvgIpc) is 2.29. The molecule has 0 spiro atoms. The maximum atomic E-state index is 9.79. The van der Waals surface area contributed by atoms with E-state index in [-0.39, 0.29) is 5.75 Å². The number of hydrogen-bond donors (Lipinski definition) is 2. The molecule has 17 heavy (non-hydrogen) atoms. The van der Waals surface area contributed by atoms with E-state index in [0.717, 1.165) is 10.8 Å². The van der Waals surface area contributed by atoms with E-state index in [4.69, 9.17) is 9.84 Å². The highest BCUT2D eigenvalue weighted by molar-refractivity contribution is 5.85. The molecule has 2 aromatic rings. The Kier molecular flexibility index (Phi) is 3.49. The molecule has 0 saturated carbocycles. The molecule has 0 aliphatic heterocycles. The van der Waals surface area contributed by atoms with Crippen LogP contribution in [0.4, 0.5) is 0 Å². The van der Waals surface area contributed by atoms with E-state index >= 15 is 0 Å². The molecule has 2 rings (SSSR count). The summed E-state index contributed by atoms with van der Waals surface area (Å²) >= 11 is 0. The van der Waals surface area contributed by atoms with Gasteiger partial charge in [-0.3, -0.25) is 0 Å². The molecule has 90 valence electrons. The van der Waals surface area contributed by atoms with Crippen molar-refractivity contribution < 1.29 is 14.9 Å². The Balaban J connectivity index is 2.19. The van der Waals surface area contributed by atoms with Crippen molar-refractivity contribution in [1.29, 1.82) is 0 Å². The number of benzene rings is 2. The normalized spacial score (nSPS) is 12.6. The molecule has 3 nitrogen and oxygen atoms in total. The van der Waals surface area contributed by atoms with E-state index in [2.05, 4.69) is 0 Å². The zero-order valence-electron chi connectivity index (χ0n) is 9.76. The second-order valence-corrected chi connectivity index (χ2v) is 4.15. The molecule has 0 bridgehead atoms. The van der Waals surface area contributed by atoms with Gasteiger partial charge in [-0.1, -0.05) is 24.3 Å². The van der Waals surface area contributed by atoms with E-state index in [1.807, 2.05) is 30.3 Å². The maximum absolute atomic E-state index is 9.79. The third-order valence-corrected chi connectivity index (χ3v) is 2.62. The molecule has 3 heteroatoms. The zero-order valence-corrected chi connectivity index (χ0v) is 9.76. The highest BCUT2D eigenvalue weighted by atomic mass is 16.5. The van der Waals surface area contributed by atoms with Crippen molar-refractivity contribution in [3.8, 4) is 11.5 Å². The molecule has 1 atom stereocenters. The number of aliphatic hydroxyl groups is 1. The van der Waals surface area contributed by atoms with Gasteiger partial charge in [0.2, 0.25) is 0 Å². The molecule has 0 radical (unpaired) electrons. The highest BCUT2D eigenvalue weighted by Gasteiger charge is 2.05. The van der Waals surface area contributed by atoms with E-state index in [0.29, 0.717) is 18.8 Å². The molecular formula is C14H16O3. The van der Waals surface area contributed by atoms with Crippen molar-refractivity contribution in [3.63, 3.8) is 0 Å². The fraction of sp³-hybridized carbons (Fsp3) is 0.286. The van der Waals surface area contributed by atoms with Gasteiger partial charge in [-0.05, 0) is 29.8 Å². The van der Waals surface area contributed by atoms with Crippen LogP contribution in [0.3, 0.4) is 0 Å². The van der Waals surface area contributed by atoms with E-state index in [1.54, 1.807) is 13.0 Å². The van der Waals surface area contributed by atoms with Gasteiger partial charge in [0.15, 0.2) is 11.5 Å². The molecule has 0 fully saturated rings. The number of hydrogen-bond acceptors (Lipinski definition) is 3. The van der Waals surface area contributed by atoms with Crippen molar-refractivity contribution in [2.24, 2.45) is 0 Å². The van der Waals surface area contributed by atoms with Gasteiger partial charge in [-0.25, -0.2) is 0 Å². The summed E-state index contributed by atoms with van der Waals surface area (Å²) in [4.78, 5) is 0. The topological polar surface area (TPSA) is 49.7 Å². The lowest BCUT2D eigenvalue weighted by atomic mass is 10.1. The summed E-state index contributed by atoms with van der Waals surface area (Å²) in [7, 11) is 0. The van der Waals surface area contributed by atoms with Crippen LogP contribution in [0.25, 0.3) is 10.8 Å².